The molecule has 0 saturated carbocycles. The maximum absolute atomic E-state index is 4.34. The zero-order valence-electron chi connectivity index (χ0n) is 6.85. The van der Waals surface area contributed by atoms with Gasteiger partial charge in [0.2, 0.25) is 0 Å². The van der Waals surface area contributed by atoms with Crippen molar-refractivity contribution in [2.45, 2.75) is 12.6 Å². The highest BCUT2D eigenvalue weighted by Crippen LogP contribution is 2.43. The summed E-state index contributed by atoms with van der Waals surface area (Å²) in [7, 11) is 0. The Morgan fingerprint density at radius 3 is 2.75 bits per heavy atom. The van der Waals surface area contributed by atoms with Crippen LogP contribution in [0.3, 0.4) is 0 Å². The number of hydrazine groups is 1. The molecular weight excluding hydrogens is 150 g/mol. The molecule has 3 nitrogen and oxygen atoms in total. The first-order valence-electron chi connectivity index (χ1n) is 4.41. The molecule has 62 valence electrons. The quantitative estimate of drug-likeness (QED) is 0.573. The number of hydrogen-bond acceptors (Lipinski definition) is 3. The second-order valence-electron chi connectivity index (χ2n) is 3.31. The number of pyridine rings is 1. The smallest absolute Gasteiger partial charge is 0.132 e. The minimum Gasteiger partial charge on any atom is -0.258 e. The van der Waals surface area contributed by atoms with Gasteiger partial charge in [0.25, 0.3) is 0 Å². The lowest BCUT2D eigenvalue weighted by Gasteiger charge is -1.98. The van der Waals surface area contributed by atoms with Crippen molar-refractivity contribution in [3.63, 3.8) is 0 Å². The highest BCUT2D eigenvalue weighted by molar-refractivity contribution is 5.13. The van der Waals surface area contributed by atoms with E-state index in [2.05, 4.69) is 27.1 Å². The Hall–Kier alpha value is -0.930. The van der Waals surface area contributed by atoms with E-state index in [4.69, 9.17) is 0 Å². The molecule has 0 spiro atoms. The Bertz CT molecular complexity index is 275. The lowest BCUT2D eigenvalue weighted by Crippen LogP contribution is -2.00. The predicted octanol–water partition coefficient (Wildman–Crippen LogP) is 1.02. The van der Waals surface area contributed by atoms with Gasteiger partial charge in [-0.15, -0.1) is 0 Å². The van der Waals surface area contributed by atoms with Gasteiger partial charge in [-0.3, -0.25) is 4.98 Å². The van der Waals surface area contributed by atoms with E-state index in [0.29, 0.717) is 6.17 Å². The van der Waals surface area contributed by atoms with Crippen LogP contribution in [0.5, 0.6) is 0 Å². The third-order valence-electron chi connectivity index (χ3n) is 2.57. The molecule has 1 aromatic heterocycles. The molecule has 2 aliphatic heterocycles. The first-order valence-corrected chi connectivity index (χ1v) is 4.41. The summed E-state index contributed by atoms with van der Waals surface area (Å²) in [5.74, 6) is 0. The Morgan fingerprint density at radius 1 is 1.25 bits per heavy atom. The van der Waals surface area contributed by atoms with Crippen molar-refractivity contribution >= 4 is 0 Å². The van der Waals surface area contributed by atoms with Crippen molar-refractivity contribution in [3.8, 4) is 0 Å². The summed E-state index contributed by atoms with van der Waals surface area (Å²) < 4.78 is 0. The fourth-order valence-electron chi connectivity index (χ4n) is 1.98. The van der Waals surface area contributed by atoms with Crippen LogP contribution in [0.4, 0.5) is 0 Å². The molecule has 0 N–H and O–H groups in total. The van der Waals surface area contributed by atoms with Gasteiger partial charge in [-0.1, -0.05) is 6.07 Å². The molecule has 12 heavy (non-hydrogen) atoms. The van der Waals surface area contributed by atoms with Crippen molar-refractivity contribution < 1.29 is 0 Å². The summed E-state index contributed by atoms with van der Waals surface area (Å²) in [6, 6.07) is 6.12. The van der Waals surface area contributed by atoms with E-state index < -0.39 is 0 Å². The average molecular weight is 161 g/mol. The predicted molar refractivity (Wildman–Crippen MR) is 45.0 cm³/mol. The topological polar surface area (TPSA) is 18.9 Å². The molecule has 2 saturated heterocycles. The molecular formula is C9H11N3. The number of hydrogen-bond donors (Lipinski definition) is 0. The number of rotatable bonds is 1. The summed E-state index contributed by atoms with van der Waals surface area (Å²) in [4.78, 5) is 4.34. The molecule has 2 aliphatic rings. The molecule has 3 rings (SSSR count). The fraction of sp³-hybridized carbons (Fsp3) is 0.444. The van der Waals surface area contributed by atoms with Gasteiger partial charge < -0.3 is 0 Å². The molecule has 0 aliphatic carbocycles. The summed E-state index contributed by atoms with van der Waals surface area (Å²) >= 11 is 0. The standard InChI is InChI=1S/C9H11N3/c1-2-5-10-8(4-1)9-11-6-3-7-12(9)11/h1-2,4-5,9H,3,6-7H2. The summed E-state index contributed by atoms with van der Waals surface area (Å²) in [5, 5.41) is 4.75. The number of nitrogens with zero attached hydrogens (tertiary/aromatic N) is 3. The Balaban J connectivity index is 1.85. The molecule has 2 unspecified atom stereocenters. The molecule has 2 atom stereocenters. The van der Waals surface area contributed by atoms with Crippen LogP contribution >= 0.6 is 0 Å². The van der Waals surface area contributed by atoms with Crippen LogP contribution in [-0.4, -0.2) is 28.1 Å². The van der Waals surface area contributed by atoms with Crippen LogP contribution in [0.25, 0.3) is 0 Å². The van der Waals surface area contributed by atoms with Gasteiger partial charge in [-0.05, 0) is 18.6 Å². The summed E-state index contributed by atoms with van der Waals surface area (Å²) in [6.07, 6.45) is 3.68. The molecule has 3 heteroatoms. The van der Waals surface area contributed by atoms with Gasteiger partial charge in [0.1, 0.15) is 6.17 Å². The van der Waals surface area contributed by atoms with Gasteiger partial charge in [-0.2, -0.15) is 0 Å². The average Bonchev–Trinajstić information content (AvgIpc) is 2.62. The molecule has 2 fully saturated rings. The zero-order chi connectivity index (χ0) is 7.97. The molecule has 3 heterocycles. The highest BCUT2D eigenvalue weighted by Gasteiger charge is 2.49. The third kappa shape index (κ3) is 0.806. The van der Waals surface area contributed by atoms with E-state index >= 15 is 0 Å². The number of fused-ring (bicyclic) bond motifs is 1. The first-order chi connectivity index (χ1) is 5.97. The normalized spacial score (nSPS) is 37.8. The molecule has 0 radical (unpaired) electrons. The zero-order valence-corrected chi connectivity index (χ0v) is 6.85. The monoisotopic (exact) mass is 161 g/mol. The van der Waals surface area contributed by atoms with Crippen LogP contribution in [0.2, 0.25) is 0 Å². The van der Waals surface area contributed by atoms with E-state index in [0.717, 1.165) is 0 Å². The fourth-order valence-corrected chi connectivity index (χ4v) is 1.98. The van der Waals surface area contributed by atoms with Gasteiger partial charge >= 0.3 is 0 Å². The third-order valence-corrected chi connectivity index (χ3v) is 2.57. The van der Waals surface area contributed by atoms with Gasteiger partial charge in [-0.25, -0.2) is 10.0 Å². The first kappa shape index (κ1) is 6.57. The van der Waals surface area contributed by atoms with Crippen LogP contribution < -0.4 is 0 Å². The highest BCUT2D eigenvalue weighted by atomic mass is 15.9. The minimum absolute atomic E-state index is 0.500. The maximum Gasteiger partial charge on any atom is 0.132 e. The van der Waals surface area contributed by atoms with E-state index in [1.807, 2.05) is 12.3 Å². The van der Waals surface area contributed by atoms with E-state index in [1.165, 1.54) is 25.2 Å². The second kappa shape index (κ2) is 2.28. The number of aromatic nitrogens is 1. The molecule has 1 aromatic rings. The van der Waals surface area contributed by atoms with Crippen molar-refractivity contribution in [2.24, 2.45) is 0 Å². The SMILES string of the molecule is c1ccc(C2N3CCCN23)nc1. The van der Waals surface area contributed by atoms with Crippen LogP contribution in [-0.2, 0) is 0 Å². The van der Waals surface area contributed by atoms with Crippen LogP contribution in [0.15, 0.2) is 24.4 Å². The minimum atomic E-state index is 0.500. The van der Waals surface area contributed by atoms with Crippen molar-refractivity contribution in [1.82, 2.24) is 15.0 Å². The maximum atomic E-state index is 4.34. The van der Waals surface area contributed by atoms with Crippen molar-refractivity contribution in [1.29, 1.82) is 0 Å². The molecule has 0 bridgehead atoms. The van der Waals surface area contributed by atoms with Crippen LogP contribution in [0.1, 0.15) is 18.3 Å². The largest absolute Gasteiger partial charge is 0.258 e. The Labute approximate surface area is 71.6 Å². The van der Waals surface area contributed by atoms with Gasteiger partial charge in [0, 0.05) is 19.3 Å². The summed E-state index contributed by atoms with van der Waals surface area (Å²) in [6.45, 7) is 2.42. The summed E-state index contributed by atoms with van der Waals surface area (Å²) in [5.41, 5.74) is 1.19. The van der Waals surface area contributed by atoms with E-state index in [-0.39, 0.29) is 0 Å². The van der Waals surface area contributed by atoms with Gasteiger partial charge in [0.05, 0.1) is 5.69 Å². The van der Waals surface area contributed by atoms with Gasteiger partial charge in [0.15, 0.2) is 0 Å². The second-order valence-corrected chi connectivity index (χ2v) is 3.31. The molecule has 0 aromatic carbocycles. The van der Waals surface area contributed by atoms with E-state index in [1.54, 1.807) is 0 Å². The van der Waals surface area contributed by atoms with E-state index in [9.17, 15) is 0 Å². The lowest BCUT2D eigenvalue weighted by atomic mass is 10.3. The molecule has 0 amide bonds. The Kier molecular flexibility index (Phi) is 1.25. The lowest BCUT2D eigenvalue weighted by molar-refractivity contribution is 0.412. The van der Waals surface area contributed by atoms with Crippen molar-refractivity contribution in [2.75, 3.05) is 13.1 Å². The Morgan fingerprint density at radius 2 is 2.08 bits per heavy atom. The van der Waals surface area contributed by atoms with Crippen molar-refractivity contribution in [3.05, 3.63) is 30.1 Å². The van der Waals surface area contributed by atoms with Crippen LogP contribution in [0, 0.1) is 0 Å².